The molecular weight excluding hydrogens is 252 g/mol. The van der Waals surface area contributed by atoms with Gasteiger partial charge in [0.15, 0.2) is 0 Å². The topological polar surface area (TPSA) is 59.0 Å². The van der Waals surface area contributed by atoms with E-state index in [1.54, 1.807) is 7.05 Å². The predicted octanol–water partition coefficient (Wildman–Crippen LogP) is 0.920. The zero-order valence-corrected chi connectivity index (χ0v) is 11.5. The molecule has 0 radical (unpaired) electrons. The number of rotatable bonds is 2. The van der Waals surface area contributed by atoms with Crippen molar-refractivity contribution >= 4 is 5.91 Å². The maximum absolute atomic E-state index is 11.5. The Kier molecular flexibility index (Phi) is 3.52. The number of carbonyl (C=O) groups excluding carboxylic acids is 1. The van der Waals surface area contributed by atoms with Gasteiger partial charge in [0, 0.05) is 31.8 Å². The molecule has 0 saturated carbocycles. The minimum Gasteiger partial charge on any atom is -0.355 e. The minimum absolute atomic E-state index is 0.0705. The summed E-state index contributed by atoms with van der Waals surface area (Å²) < 4.78 is 1.91. The third-order valence-corrected chi connectivity index (χ3v) is 3.61. The number of hydrogen-bond donors (Lipinski definition) is 2. The number of fused-ring (bicyclic) bond motifs is 1. The van der Waals surface area contributed by atoms with E-state index in [1.807, 2.05) is 28.9 Å². The molecule has 1 aromatic carbocycles. The van der Waals surface area contributed by atoms with Crippen LogP contribution in [0.15, 0.2) is 30.5 Å². The van der Waals surface area contributed by atoms with Crippen LogP contribution in [0, 0.1) is 0 Å². The lowest BCUT2D eigenvalue weighted by Gasteiger charge is -2.04. The Hall–Kier alpha value is -2.14. The normalized spacial score (nSPS) is 14.4. The van der Waals surface area contributed by atoms with Crippen molar-refractivity contribution in [3.8, 4) is 5.69 Å². The Bertz CT molecular complexity index is 592. The van der Waals surface area contributed by atoms with Crippen molar-refractivity contribution < 1.29 is 4.79 Å². The van der Waals surface area contributed by atoms with Crippen LogP contribution < -0.4 is 10.6 Å². The molecule has 2 aromatic rings. The van der Waals surface area contributed by atoms with Gasteiger partial charge in [0.05, 0.1) is 11.4 Å². The molecule has 0 bridgehead atoms. The number of benzene rings is 1. The van der Waals surface area contributed by atoms with E-state index >= 15 is 0 Å². The molecule has 1 aromatic heterocycles. The fraction of sp³-hybridized carbons (Fsp3) is 0.333. The number of nitrogens with one attached hydrogen (secondary N) is 2. The zero-order valence-electron chi connectivity index (χ0n) is 11.5. The van der Waals surface area contributed by atoms with E-state index < -0.39 is 0 Å². The highest BCUT2D eigenvalue weighted by Crippen LogP contribution is 2.15. The Balaban J connectivity index is 1.87. The molecule has 0 atom stereocenters. The zero-order chi connectivity index (χ0) is 13.9. The van der Waals surface area contributed by atoms with Crippen LogP contribution in [0.4, 0.5) is 0 Å². The molecule has 3 rings (SSSR count). The van der Waals surface area contributed by atoms with E-state index in [9.17, 15) is 4.79 Å². The fourth-order valence-corrected chi connectivity index (χ4v) is 2.46. The molecule has 2 N–H and O–H groups in total. The average Bonchev–Trinajstić information content (AvgIpc) is 2.77. The van der Waals surface area contributed by atoms with Crippen molar-refractivity contribution in [1.82, 2.24) is 20.4 Å². The van der Waals surface area contributed by atoms with E-state index in [-0.39, 0.29) is 5.91 Å². The molecule has 0 saturated heterocycles. The van der Waals surface area contributed by atoms with Crippen molar-refractivity contribution in [3.05, 3.63) is 47.3 Å². The van der Waals surface area contributed by atoms with Crippen LogP contribution in [-0.4, -0.2) is 35.8 Å². The largest absolute Gasteiger partial charge is 0.355 e. The standard InChI is InChI=1S/C15H18N4O/c1-16-15(20)11-2-4-13(5-3-11)19-10-12-6-8-17-9-7-14(12)18-19/h2-5,10,17H,6-9H2,1H3,(H,16,20). The molecule has 0 unspecified atom stereocenters. The van der Waals surface area contributed by atoms with Crippen LogP contribution in [0.25, 0.3) is 5.69 Å². The lowest BCUT2D eigenvalue weighted by atomic mass is 10.1. The van der Waals surface area contributed by atoms with Gasteiger partial charge in [-0.25, -0.2) is 4.68 Å². The molecule has 1 aliphatic heterocycles. The third kappa shape index (κ3) is 2.44. The van der Waals surface area contributed by atoms with Crippen molar-refractivity contribution in [2.45, 2.75) is 12.8 Å². The molecule has 104 valence electrons. The van der Waals surface area contributed by atoms with E-state index in [2.05, 4.69) is 21.9 Å². The maximum Gasteiger partial charge on any atom is 0.251 e. The summed E-state index contributed by atoms with van der Waals surface area (Å²) in [7, 11) is 1.63. The van der Waals surface area contributed by atoms with Gasteiger partial charge in [0.1, 0.15) is 0 Å². The third-order valence-electron chi connectivity index (χ3n) is 3.61. The molecule has 5 heteroatoms. The molecule has 0 fully saturated rings. The van der Waals surface area contributed by atoms with Crippen molar-refractivity contribution in [3.63, 3.8) is 0 Å². The number of aromatic nitrogens is 2. The van der Waals surface area contributed by atoms with Gasteiger partial charge in [-0.3, -0.25) is 4.79 Å². The monoisotopic (exact) mass is 270 g/mol. The molecular formula is C15H18N4O. The highest BCUT2D eigenvalue weighted by molar-refractivity contribution is 5.94. The van der Waals surface area contributed by atoms with Crippen molar-refractivity contribution in [2.24, 2.45) is 0 Å². The second-order valence-electron chi connectivity index (χ2n) is 4.92. The van der Waals surface area contributed by atoms with Crippen LogP contribution in [0.3, 0.4) is 0 Å². The van der Waals surface area contributed by atoms with E-state index in [0.717, 1.165) is 31.6 Å². The Labute approximate surface area is 118 Å². The second kappa shape index (κ2) is 5.46. The average molecular weight is 270 g/mol. The SMILES string of the molecule is CNC(=O)c1ccc(-n2cc3c(n2)CCNCC3)cc1. The summed E-state index contributed by atoms with van der Waals surface area (Å²) in [5, 5.41) is 10.6. The van der Waals surface area contributed by atoms with Gasteiger partial charge in [-0.1, -0.05) is 0 Å². The van der Waals surface area contributed by atoms with E-state index in [4.69, 9.17) is 0 Å². The first-order chi connectivity index (χ1) is 9.78. The molecule has 2 heterocycles. The van der Waals surface area contributed by atoms with Gasteiger partial charge in [0.2, 0.25) is 0 Å². The number of hydrogen-bond acceptors (Lipinski definition) is 3. The maximum atomic E-state index is 11.5. The number of carbonyl (C=O) groups is 1. The summed E-state index contributed by atoms with van der Waals surface area (Å²) >= 11 is 0. The number of nitrogens with zero attached hydrogens (tertiary/aromatic N) is 2. The molecule has 5 nitrogen and oxygen atoms in total. The molecule has 1 aliphatic rings. The first-order valence-electron chi connectivity index (χ1n) is 6.88. The van der Waals surface area contributed by atoms with Crippen LogP contribution in [0.2, 0.25) is 0 Å². The molecule has 1 amide bonds. The fourth-order valence-electron chi connectivity index (χ4n) is 2.46. The van der Waals surface area contributed by atoms with Gasteiger partial charge in [-0.05, 0) is 42.8 Å². The Morgan fingerprint density at radius 3 is 2.75 bits per heavy atom. The first-order valence-corrected chi connectivity index (χ1v) is 6.88. The van der Waals surface area contributed by atoms with Gasteiger partial charge in [-0.2, -0.15) is 5.10 Å². The Morgan fingerprint density at radius 2 is 2.00 bits per heavy atom. The van der Waals surface area contributed by atoms with Gasteiger partial charge in [0.25, 0.3) is 5.91 Å². The predicted molar refractivity (Wildman–Crippen MR) is 77.2 cm³/mol. The quantitative estimate of drug-likeness (QED) is 0.853. The van der Waals surface area contributed by atoms with Crippen LogP contribution in [0.1, 0.15) is 21.6 Å². The first kappa shape index (κ1) is 12.9. The van der Waals surface area contributed by atoms with E-state index in [1.165, 1.54) is 11.3 Å². The number of amides is 1. The lowest BCUT2D eigenvalue weighted by molar-refractivity contribution is 0.0963. The lowest BCUT2D eigenvalue weighted by Crippen LogP contribution is -2.17. The summed E-state index contributed by atoms with van der Waals surface area (Å²) in [5.41, 5.74) is 4.13. The molecule has 0 spiro atoms. The van der Waals surface area contributed by atoms with Crippen molar-refractivity contribution in [1.29, 1.82) is 0 Å². The molecule has 20 heavy (non-hydrogen) atoms. The second-order valence-corrected chi connectivity index (χ2v) is 4.92. The minimum atomic E-state index is -0.0705. The van der Waals surface area contributed by atoms with Crippen LogP contribution in [-0.2, 0) is 12.8 Å². The molecule has 0 aliphatic carbocycles. The summed E-state index contributed by atoms with van der Waals surface area (Å²) in [6, 6.07) is 7.50. The summed E-state index contributed by atoms with van der Waals surface area (Å²) in [5.74, 6) is -0.0705. The Morgan fingerprint density at radius 1 is 1.25 bits per heavy atom. The van der Waals surface area contributed by atoms with Crippen LogP contribution in [0.5, 0.6) is 0 Å². The van der Waals surface area contributed by atoms with Gasteiger partial charge in [-0.15, -0.1) is 0 Å². The van der Waals surface area contributed by atoms with E-state index in [0.29, 0.717) is 5.56 Å². The van der Waals surface area contributed by atoms with Gasteiger partial charge >= 0.3 is 0 Å². The highest BCUT2D eigenvalue weighted by atomic mass is 16.1. The highest BCUT2D eigenvalue weighted by Gasteiger charge is 2.12. The summed E-state index contributed by atoms with van der Waals surface area (Å²) in [6.07, 6.45) is 4.08. The van der Waals surface area contributed by atoms with Crippen molar-refractivity contribution in [2.75, 3.05) is 20.1 Å². The summed E-state index contributed by atoms with van der Waals surface area (Å²) in [6.45, 7) is 1.99. The van der Waals surface area contributed by atoms with Gasteiger partial charge < -0.3 is 10.6 Å². The summed E-state index contributed by atoms with van der Waals surface area (Å²) in [4.78, 5) is 11.5. The van der Waals surface area contributed by atoms with Crippen LogP contribution >= 0.6 is 0 Å². The smallest absolute Gasteiger partial charge is 0.251 e.